The van der Waals surface area contributed by atoms with Gasteiger partial charge in [-0.3, -0.25) is 0 Å². The molecule has 0 amide bonds. The molecule has 24 heavy (non-hydrogen) atoms. The highest BCUT2D eigenvalue weighted by molar-refractivity contribution is 5.23. The zero-order chi connectivity index (χ0) is 16.8. The molecule has 2 saturated heterocycles. The van der Waals surface area contributed by atoms with Crippen LogP contribution in [0.5, 0.6) is 0 Å². The fraction of sp³-hybridized carbons (Fsp3) is 0.400. The van der Waals surface area contributed by atoms with Crippen molar-refractivity contribution in [1.29, 1.82) is 0 Å². The van der Waals surface area contributed by atoms with E-state index < -0.39 is 0 Å². The lowest BCUT2D eigenvalue weighted by Crippen LogP contribution is -2.51. The van der Waals surface area contributed by atoms with Crippen LogP contribution in [0.25, 0.3) is 0 Å². The van der Waals surface area contributed by atoms with Crippen LogP contribution in [0.4, 0.5) is 0 Å². The molecule has 128 valence electrons. The van der Waals surface area contributed by atoms with Gasteiger partial charge in [-0.2, -0.15) is 0 Å². The van der Waals surface area contributed by atoms with Gasteiger partial charge in [0.25, 0.3) is 0 Å². The second-order valence-electron chi connectivity index (χ2n) is 6.20. The highest BCUT2D eigenvalue weighted by Gasteiger charge is 2.42. The van der Waals surface area contributed by atoms with E-state index in [1.807, 2.05) is 55.5 Å². The minimum absolute atomic E-state index is 0.233. The van der Waals surface area contributed by atoms with Crippen molar-refractivity contribution < 1.29 is 18.9 Å². The summed E-state index contributed by atoms with van der Waals surface area (Å²) < 4.78 is 23.7. The fourth-order valence-corrected chi connectivity index (χ4v) is 2.84. The Morgan fingerprint density at radius 3 is 2.25 bits per heavy atom. The van der Waals surface area contributed by atoms with Crippen molar-refractivity contribution in [2.45, 2.75) is 19.5 Å². The normalized spacial score (nSPS) is 31.5. The van der Waals surface area contributed by atoms with Crippen LogP contribution in [0.2, 0.25) is 0 Å². The van der Waals surface area contributed by atoms with Gasteiger partial charge in [-0.05, 0) is 6.92 Å². The number of hydrogen-bond acceptors (Lipinski definition) is 4. The smallest absolute Gasteiger partial charge is 0.183 e. The van der Waals surface area contributed by atoms with Crippen molar-refractivity contribution in [3.05, 3.63) is 72.4 Å². The molecule has 0 bridgehead atoms. The van der Waals surface area contributed by atoms with Gasteiger partial charge in [0.2, 0.25) is 0 Å². The molecule has 0 aliphatic carbocycles. The predicted molar refractivity (Wildman–Crippen MR) is 92.3 cm³/mol. The molecule has 2 aliphatic heterocycles. The minimum atomic E-state index is -0.344. The summed E-state index contributed by atoms with van der Waals surface area (Å²) >= 11 is 0. The Hall–Kier alpha value is -1.72. The Kier molecular flexibility index (Phi) is 5.63. The second-order valence-corrected chi connectivity index (χ2v) is 6.20. The Labute approximate surface area is 143 Å². The summed E-state index contributed by atoms with van der Waals surface area (Å²) in [5.74, 6) is 0. The van der Waals surface area contributed by atoms with Crippen LogP contribution in [0.15, 0.2) is 66.8 Å². The molecule has 4 nitrogen and oxygen atoms in total. The first-order valence-corrected chi connectivity index (χ1v) is 8.23. The van der Waals surface area contributed by atoms with Crippen molar-refractivity contribution in [1.82, 2.24) is 0 Å². The number of rotatable bonds is 4. The van der Waals surface area contributed by atoms with E-state index in [9.17, 15) is 0 Å². The summed E-state index contributed by atoms with van der Waals surface area (Å²) in [5, 5.41) is 0. The maximum atomic E-state index is 5.93. The molecule has 2 heterocycles. The van der Waals surface area contributed by atoms with E-state index in [1.165, 1.54) is 0 Å². The van der Waals surface area contributed by atoms with Crippen molar-refractivity contribution >= 4 is 0 Å². The van der Waals surface area contributed by atoms with Crippen LogP contribution in [-0.2, 0) is 18.9 Å². The zero-order valence-corrected chi connectivity index (χ0v) is 14.0. The third-order valence-corrected chi connectivity index (χ3v) is 4.27. The number of benzene rings is 1. The van der Waals surface area contributed by atoms with E-state index in [4.69, 9.17) is 18.9 Å². The van der Waals surface area contributed by atoms with Gasteiger partial charge in [0.05, 0.1) is 31.8 Å². The number of hydrogen-bond donors (Lipinski definition) is 0. The molecule has 2 aliphatic rings. The van der Waals surface area contributed by atoms with Crippen molar-refractivity contribution in [3.63, 3.8) is 0 Å². The second kappa shape index (κ2) is 7.90. The Balaban J connectivity index is 1.55. The molecule has 0 aromatic heterocycles. The summed E-state index contributed by atoms with van der Waals surface area (Å²) in [6.07, 6.45) is 6.90. The van der Waals surface area contributed by atoms with Crippen LogP contribution in [0.3, 0.4) is 0 Å². The third-order valence-electron chi connectivity index (χ3n) is 4.27. The molecule has 1 aromatic carbocycles. The number of ether oxygens (including phenoxy) is 4. The van der Waals surface area contributed by atoms with Crippen LogP contribution < -0.4 is 0 Å². The summed E-state index contributed by atoms with van der Waals surface area (Å²) in [4.78, 5) is 0. The molecule has 1 spiro atoms. The van der Waals surface area contributed by atoms with Gasteiger partial charge in [0.15, 0.2) is 12.6 Å². The largest absolute Gasteiger partial charge is 0.348 e. The Morgan fingerprint density at radius 2 is 1.67 bits per heavy atom. The topological polar surface area (TPSA) is 36.9 Å². The van der Waals surface area contributed by atoms with Crippen LogP contribution >= 0.6 is 0 Å². The molecular formula is C20H24O4. The Bertz CT molecular complexity index is 587. The Morgan fingerprint density at radius 1 is 1.04 bits per heavy atom. The molecule has 0 unspecified atom stereocenters. The van der Waals surface area contributed by atoms with E-state index in [1.54, 1.807) is 6.08 Å². The lowest BCUT2D eigenvalue weighted by molar-refractivity contribution is -0.297. The minimum Gasteiger partial charge on any atom is -0.348 e. The maximum Gasteiger partial charge on any atom is 0.183 e. The monoisotopic (exact) mass is 328 g/mol. The lowest BCUT2D eigenvalue weighted by Gasteiger charge is -2.44. The first kappa shape index (κ1) is 17.1. The highest BCUT2D eigenvalue weighted by atomic mass is 16.7. The number of allylic oxidation sites excluding steroid dienone is 3. The van der Waals surface area contributed by atoms with Gasteiger partial charge in [0, 0.05) is 11.1 Å². The van der Waals surface area contributed by atoms with Gasteiger partial charge >= 0.3 is 0 Å². The van der Waals surface area contributed by atoms with E-state index >= 15 is 0 Å². The van der Waals surface area contributed by atoms with Crippen LogP contribution in [0, 0.1) is 5.41 Å². The summed E-state index contributed by atoms with van der Waals surface area (Å²) in [6.45, 7) is 7.89. The van der Waals surface area contributed by atoms with Gasteiger partial charge in [0.1, 0.15) is 0 Å². The average molecular weight is 328 g/mol. The summed E-state index contributed by atoms with van der Waals surface area (Å²) in [6, 6.07) is 9.97. The van der Waals surface area contributed by atoms with Gasteiger partial charge < -0.3 is 18.9 Å². The standard InChI is InChI=1S/C20H24O4/c1-3-5-9-16(4-2)18-21-12-20(13-22-18)14-23-19(24-15-20)17-10-7-6-8-11-17/h3-11,18-19H,1,12-15H2,2H3/b9-5-,16-4+. The quantitative estimate of drug-likeness (QED) is 0.788. The molecule has 3 rings (SSSR count). The van der Waals surface area contributed by atoms with Gasteiger partial charge in [-0.25, -0.2) is 0 Å². The van der Waals surface area contributed by atoms with Gasteiger partial charge in [-0.1, -0.05) is 61.2 Å². The first-order valence-electron chi connectivity index (χ1n) is 8.23. The van der Waals surface area contributed by atoms with E-state index in [2.05, 4.69) is 6.58 Å². The molecule has 0 radical (unpaired) electrons. The van der Waals surface area contributed by atoms with E-state index in [0.717, 1.165) is 11.1 Å². The maximum absolute atomic E-state index is 5.93. The summed E-state index contributed by atoms with van der Waals surface area (Å²) in [7, 11) is 0. The molecule has 2 fully saturated rings. The molecule has 4 heteroatoms. The molecule has 0 N–H and O–H groups in total. The van der Waals surface area contributed by atoms with E-state index in [-0.39, 0.29) is 18.0 Å². The van der Waals surface area contributed by atoms with Crippen molar-refractivity contribution in [2.24, 2.45) is 5.41 Å². The SMILES string of the molecule is C=C/C=C\C(=C/C)C1OCC2(CO1)COC(c1ccccc1)OC2. The lowest BCUT2D eigenvalue weighted by atomic mass is 9.90. The van der Waals surface area contributed by atoms with Crippen molar-refractivity contribution in [2.75, 3.05) is 26.4 Å². The molecular weight excluding hydrogens is 304 g/mol. The highest BCUT2D eigenvalue weighted by Crippen LogP contribution is 2.35. The third kappa shape index (κ3) is 3.84. The zero-order valence-electron chi connectivity index (χ0n) is 14.0. The molecule has 0 saturated carbocycles. The van der Waals surface area contributed by atoms with Gasteiger partial charge in [-0.15, -0.1) is 0 Å². The van der Waals surface area contributed by atoms with E-state index in [0.29, 0.717) is 26.4 Å². The molecule has 1 aromatic rings. The predicted octanol–water partition coefficient (Wildman–Crippen LogP) is 3.78. The first-order chi connectivity index (χ1) is 11.8. The average Bonchev–Trinajstić information content (AvgIpc) is 2.65. The fourth-order valence-electron chi connectivity index (χ4n) is 2.84. The summed E-state index contributed by atoms with van der Waals surface area (Å²) in [5.41, 5.74) is 1.79. The molecule has 0 atom stereocenters. The van der Waals surface area contributed by atoms with Crippen LogP contribution in [-0.4, -0.2) is 32.7 Å². The van der Waals surface area contributed by atoms with Crippen LogP contribution in [0.1, 0.15) is 18.8 Å². The van der Waals surface area contributed by atoms with Crippen molar-refractivity contribution in [3.8, 4) is 0 Å².